The largest absolute Gasteiger partial charge is 0.482 e. The van der Waals surface area contributed by atoms with Crippen molar-refractivity contribution >= 4 is 6.09 Å². The van der Waals surface area contributed by atoms with E-state index in [1.807, 2.05) is 12.1 Å². The number of carbonyl (C=O) groups is 1. The van der Waals surface area contributed by atoms with Crippen molar-refractivity contribution in [1.82, 2.24) is 5.32 Å². The SMILES string of the molecule is CNC(=O)OC1COc2ccccc2O1. The molecular weight excluding hydrogens is 198 g/mol. The van der Waals surface area contributed by atoms with Crippen LogP contribution >= 0.6 is 0 Å². The lowest BCUT2D eigenvalue weighted by Crippen LogP contribution is -2.36. The summed E-state index contributed by atoms with van der Waals surface area (Å²) in [6.45, 7) is 0.199. The Morgan fingerprint density at radius 3 is 2.93 bits per heavy atom. The van der Waals surface area contributed by atoms with Crippen molar-refractivity contribution < 1.29 is 19.0 Å². The summed E-state index contributed by atoms with van der Waals surface area (Å²) in [6.07, 6.45) is -1.23. The minimum Gasteiger partial charge on any atom is -0.482 e. The van der Waals surface area contributed by atoms with Gasteiger partial charge in [0.1, 0.15) is 0 Å². The van der Waals surface area contributed by atoms with Crippen LogP contribution in [0, 0.1) is 0 Å². The Balaban J connectivity index is 2.02. The van der Waals surface area contributed by atoms with Crippen LogP contribution < -0.4 is 14.8 Å². The van der Waals surface area contributed by atoms with Gasteiger partial charge < -0.3 is 19.5 Å². The van der Waals surface area contributed by atoms with Crippen molar-refractivity contribution in [2.45, 2.75) is 6.29 Å². The lowest BCUT2D eigenvalue weighted by atomic mass is 10.3. The molecule has 1 aromatic carbocycles. The molecule has 0 aliphatic carbocycles. The van der Waals surface area contributed by atoms with Crippen molar-refractivity contribution in [2.75, 3.05) is 13.7 Å². The fourth-order valence-electron chi connectivity index (χ4n) is 1.24. The molecule has 1 N–H and O–H groups in total. The maximum Gasteiger partial charge on any atom is 0.410 e. The summed E-state index contributed by atoms with van der Waals surface area (Å²) >= 11 is 0. The van der Waals surface area contributed by atoms with Crippen LogP contribution in [-0.4, -0.2) is 26.0 Å². The molecule has 1 aliphatic heterocycles. The molecule has 0 fully saturated rings. The molecule has 15 heavy (non-hydrogen) atoms. The van der Waals surface area contributed by atoms with Gasteiger partial charge in [0.25, 0.3) is 6.29 Å². The van der Waals surface area contributed by atoms with Gasteiger partial charge in [-0.2, -0.15) is 0 Å². The fraction of sp³-hybridized carbons (Fsp3) is 0.300. The van der Waals surface area contributed by atoms with Crippen LogP contribution in [0.4, 0.5) is 4.79 Å². The number of para-hydroxylation sites is 2. The molecule has 1 atom stereocenters. The standard InChI is InChI=1S/C10H11NO4/c1-11-10(12)15-9-6-13-7-4-2-3-5-8(7)14-9/h2-5,9H,6H2,1H3,(H,11,12). The maximum atomic E-state index is 10.9. The molecule has 0 saturated heterocycles. The summed E-state index contributed by atoms with van der Waals surface area (Å²) in [4.78, 5) is 10.9. The van der Waals surface area contributed by atoms with E-state index in [1.54, 1.807) is 12.1 Å². The second-order valence-corrected chi connectivity index (χ2v) is 2.96. The van der Waals surface area contributed by atoms with Crippen molar-refractivity contribution in [3.63, 3.8) is 0 Å². The summed E-state index contributed by atoms with van der Waals surface area (Å²) in [5.41, 5.74) is 0. The highest BCUT2D eigenvalue weighted by Crippen LogP contribution is 2.30. The smallest absolute Gasteiger partial charge is 0.410 e. The van der Waals surface area contributed by atoms with Crippen LogP contribution in [0.3, 0.4) is 0 Å². The summed E-state index contributed by atoms with van der Waals surface area (Å²) in [5, 5.41) is 2.34. The van der Waals surface area contributed by atoms with Crippen LogP contribution in [0.15, 0.2) is 24.3 Å². The Kier molecular flexibility index (Phi) is 2.62. The average molecular weight is 209 g/mol. The zero-order valence-corrected chi connectivity index (χ0v) is 8.23. The Bertz CT molecular complexity index is 366. The predicted octanol–water partition coefficient (Wildman–Crippen LogP) is 1.14. The monoisotopic (exact) mass is 209 g/mol. The molecule has 0 aromatic heterocycles. The summed E-state index contributed by atoms with van der Waals surface area (Å²) in [6, 6.07) is 7.23. The number of alkyl carbamates (subject to hydrolysis) is 1. The average Bonchev–Trinajstić information content (AvgIpc) is 2.29. The van der Waals surface area contributed by atoms with Crippen molar-refractivity contribution in [3.05, 3.63) is 24.3 Å². The number of benzene rings is 1. The summed E-state index contributed by atoms with van der Waals surface area (Å²) in [7, 11) is 1.49. The molecule has 5 nitrogen and oxygen atoms in total. The van der Waals surface area contributed by atoms with E-state index in [-0.39, 0.29) is 6.61 Å². The third kappa shape index (κ3) is 2.12. The molecule has 1 heterocycles. The minimum atomic E-state index is -0.695. The van der Waals surface area contributed by atoms with E-state index in [1.165, 1.54) is 7.05 Å². The number of amides is 1. The molecule has 80 valence electrons. The van der Waals surface area contributed by atoms with Crippen LogP contribution in [0.1, 0.15) is 0 Å². The maximum absolute atomic E-state index is 10.9. The quantitative estimate of drug-likeness (QED) is 0.753. The van der Waals surface area contributed by atoms with Gasteiger partial charge >= 0.3 is 6.09 Å². The van der Waals surface area contributed by atoms with Gasteiger partial charge in [-0.15, -0.1) is 0 Å². The Hall–Kier alpha value is -1.91. The first-order valence-electron chi connectivity index (χ1n) is 4.56. The first kappa shape index (κ1) is 9.64. The number of carbonyl (C=O) groups excluding carboxylic acids is 1. The first-order chi connectivity index (χ1) is 7.29. The van der Waals surface area contributed by atoms with Crippen LogP contribution in [0.5, 0.6) is 11.5 Å². The molecule has 0 saturated carbocycles. The van der Waals surface area contributed by atoms with Gasteiger partial charge in [0.2, 0.25) is 0 Å². The molecule has 0 spiro atoms. The van der Waals surface area contributed by atoms with Gasteiger partial charge in [0.05, 0.1) is 0 Å². The molecule has 5 heteroatoms. The lowest BCUT2D eigenvalue weighted by Gasteiger charge is -2.25. The highest BCUT2D eigenvalue weighted by atomic mass is 16.7. The van der Waals surface area contributed by atoms with Crippen molar-refractivity contribution in [3.8, 4) is 11.5 Å². The molecule has 1 aliphatic rings. The Morgan fingerprint density at radius 2 is 2.20 bits per heavy atom. The van der Waals surface area contributed by atoms with E-state index in [4.69, 9.17) is 14.2 Å². The normalized spacial score (nSPS) is 18.1. The topological polar surface area (TPSA) is 56.8 Å². The number of rotatable bonds is 1. The first-order valence-corrected chi connectivity index (χ1v) is 4.56. The van der Waals surface area contributed by atoms with Crippen LogP contribution in [0.2, 0.25) is 0 Å². The number of fused-ring (bicyclic) bond motifs is 1. The van der Waals surface area contributed by atoms with E-state index < -0.39 is 12.4 Å². The highest BCUT2D eigenvalue weighted by molar-refractivity contribution is 5.66. The van der Waals surface area contributed by atoms with Gasteiger partial charge in [0, 0.05) is 7.05 Å². The molecule has 0 radical (unpaired) electrons. The number of hydrogen-bond donors (Lipinski definition) is 1. The number of nitrogens with one attached hydrogen (secondary N) is 1. The fourth-order valence-corrected chi connectivity index (χ4v) is 1.24. The van der Waals surface area contributed by atoms with Gasteiger partial charge in [-0.25, -0.2) is 4.79 Å². The van der Waals surface area contributed by atoms with Crippen molar-refractivity contribution in [2.24, 2.45) is 0 Å². The van der Waals surface area contributed by atoms with Crippen LogP contribution in [-0.2, 0) is 4.74 Å². The second-order valence-electron chi connectivity index (χ2n) is 2.96. The molecule has 1 aromatic rings. The zero-order chi connectivity index (χ0) is 10.7. The molecule has 0 bridgehead atoms. The van der Waals surface area contributed by atoms with Gasteiger partial charge in [-0.05, 0) is 12.1 Å². The minimum absolute atomic E-state index is 0.199. The molecule has 1 unspecified atom stereocenters. The van der Waals surface area contributed by atoms with Gasteiger partial charge in [0.15, 0.2) is 18.1 Å². The second kappa shape index (κ2) is 4.08. The zero-order valence-electron chi connectivity index (χ0n) is 8.23. The van der Waals surface area contributed by atoms with E-state index >= 15 is 0 Å². The van der Waals surface area contributed by atoms with Gasteiger partial charge in [-0.3, -0.25) is 0 Å². The van der Waals surface area contributed by atoms with E-state index in [2.05, 4.69) is 5.32 Å². The van der Waals surface area contributed by atoms with E-state index in [0.717, 1.165) is 0 Å². The van der Waals surface area contributed by atoms with E-state index in [9.17, 15) is 4.79 Å². The van der Waals surface area contributed by atoms with Crippen LogP contribution in [0.25, 0.3) is 0 Å². The predicted molar refractivity (Wildman–Crippen MR) is 51.9 cm³/mol. The molecule has 2 rings (SSSR count). The Morgan fingerprint density at radius 1 is 1.47 bits per heavy atom. The highest BCUT2D eigenvalue weighted by Gasteiger charge is 2.23. The number of ether oxygens (including phenoxy) is 3. The molecule has 1 amide bonds. The third-order valence-corrected chi connectivity index (χ3v) is 1.93. The summed E-state index contributed by atoms with van der Waals surface area (Å²) < 4.78 is 15.6. The lowest BCUT2D eigenvalue weighted by molar-refractivity contribution is -0.0743. The Labute approximate surface area is 86.9 Å². The van der Waals surface area contributed by atoms with E-state index in [0.29, 0.717) is 11.5 Å². The molecular formula is C10H11NO4. The van der Waals surface area contributed by atoms with Crippen molar-refractivity contribution in [1.29, 1.82) is 0 Å². The number of hydrogen-bond acceptors (Lipinski definition) is 4. The third-order valence-electron chi connectivity index (χ3n) is 1.93. The van der Waals surface area contributed by atoms with Gasteiger partial charge in [-0.1, -0.05) is 12.1 Å². The summed E-state index contributed by atoms with van der Waals surface area (Å²) in [5.74, 6) is 1.24.